The molecule has 0 spiro atoms. The van der Waals surface area contributed by atoms with E-state index in [1.165, 1.54) is 38.3 Å². The Kier molecular flexibility index (Phi) is 4.70. The molecule has 0 radical (unpaired) electrons. The molecular formula is C16H26N4O. The van der Waals surface area contributed by atoms with Crippen LogP contribution in [0.1, 0.15) is 56.3 Å². The van der Waals surface area contributed by atoms with Gasteiger partial charge in [-0.2, -0.15) is 0 Å². The van der Waals surface area contributed by atoms with Crippen LogP contribution in [0.3, 0.4) is 0 Å². The highest BCUT2D eigenvalue weighted by Gasteiger charge is 2.34. The lowest BCUT2D eigenvalue weighted by molar-refractivity contribution is 0.100. The van der Waals surface area contributed by atoms with Crippen molar-refractivity contribution in [3.8, 4) is 0 Å². The van der Waals surface area contributed by atoms with Gasteiger partial charge in [-0.3, -0.25) is 4.79 Å². The van der Waals surface area contributed by atoms with Crippen molar-refractivity contribution in [1.29, 1.82) is 0 Å². The minimum Gasteiger partial charge on any atom is -0.397 e. The second kappa shape index (κ2) is 6.33. The molecule has 1 amide bonds. The first-order valence-electron chi connectivity index (χ1n) is 7.71. The first-order valence-corrected chi connectivity index (χ1v) is 7.71. The van der Waals surface area contributed by atoms with Crippen LogP contribution >= 0.6 is 0 Å². The van der Waals surface area contributed by atoms with Crippen molar-refractivity contribution in [3.63, 3.8) is 0 Å². The summed E-state index contributed by atoms with van der Waals surface area (Å²) in [4.78, 5) is 15.6. The van der Waals surface area contributed by atoms with Gasteiger partial charge in [0, 0.05) is 6.54 Å². The van der Waals surface area contributed by atoms with Crippen molar-refractivity contribution < 1.29 is 4.79 Å². The molecule has 0 atom stereocenters. The van der Waals surface area contributed by atoms with Crippen LogP contribution in [0, 0.1) is 11.3 Å². The first kappa shape index (κ1) is 15.6. The lowest BCUT2D eigenvalue weighted by Gasteiger charge is -2.31. The standard InChI is InChI=1S/C16H26N4O/c1-11(2)8-16(5-3-4-6-16)10-20-14-7-12(15(18)21)13(17)9-19-14/h7,9,11H,3-6,8,10,17H2,1-2H3,(H2,18,21)(H,19,20). The Morgan fingerprint density at radius 1 is 1.43 bits per heavy atom. The second-order valence-electron chi connectivity index (χ2n) is 6.68. The van der Waals surface area contributed by atoms with Gasteiger partial charge < -0.3 is 16.8 Å². The molecule has 1 fully saturated rings. The van der Waals surface area contributed by atoms with E-state index in [1.807, 2.05) is 0 Å². The topological polar surface area (TPSA) is 94.0 Å². The molecule has 2 rings (SSSR count). The van der Waals surface area contributed by atoms with Crippen LogP contribution in [-0.4, -0.2) is 17.4 Å². The smallest absolute Gasteiger partial charge is 0.250 e. The number of amides is 1. The third-order valence-corrected chi connectivity index (χ3v) is 4.35. The monoisotopic (exact) mass is 290 g/mol. The second-order valence-corrected chi connectivity index (χ2v) is 6.68. The number of anilines is 2. The van der Waals surface area contributed by atoms with E-state index in [0.717, 1.165) is 6.54 Å². The highest BCUT2D eigenvalue weighted by molar-refractivity contribution is 5.98. The van der Waals surface area contributed by atoms with Crippen molar-refractivity contribution >= 4 is 17.4 Å². The largest absolute Gasteiger partial charge is 0.397 e. The van der Waals surface area contributed by atoms with Crippen molar-refractivity contribution in [2.75, 3.05) is 17.6 Å². The summed E-state index contributed by atoms with van der Waals surface area (Å²) in [6, 6.07) is 1.65. The molecule has 1 aromatic rings. The number of carbonyl (C=O) groups is 1. The maximum Gasteiger partial charge on any atom is 0.250 e. The molecule has 1 aliphatic rings. The van der Waals surface area contributed by atoms with Crippen LogP contribution in [0.2, 0.25) is 0 Å². The number of nitrogens with two attached hydrogens (primary N) is 2. The van der Waals surface area contributed by atoms with Crippen LogP contribution in [0.15, 0.2) is 12.3 Å². The number of hydrogen-bond donors (Lipinski definition) is 3. The predicted octanol–water partition coefficient (Wildman–Crippen LogP) is 2.78. The van der Waals surface area contributed by atoms with Crippen molar-refractivity contribution in [2.24, 2.45) is 17.1 Å². The van der Waals surface area contributed by atoms with Crippen LogP contribution < -0.4 is 16.8 Å². The highest BCUT2D eigenvalue weighted by atomic mass is 16.1. The maximum atomic E-state index is 11.3. The van der Waals surface area contributed by atoms with E-state index >= 15 is 0 Å². The summed E-state index contributed by atoms with van der Waals surface area (Å²) in [7, 11) is 0. The number of hydrogen-bond acceptors (Lipinski definition) is 4. The molecule has 5 N–H and O–H groups in total. The van der Waals surface area contributed by atoms with Crippen molar-refractivity contribution in [1.82, 2.24) is 4.98 Å². The summed E-state index contributed by atoms with van der Waals surface area (Å²) in [6.07, 6.45) is 7.84. The Morgan fingerprint density at radius 2 is 2.10 bits per heavy atom. The molecule has 1 aliphatic carbocycles. The summed E-state index contributed by atoms with van der Waals surface area (Å²) in [5.74, 6) is 0.842. The number of pyridine rings is 1. The summed E-state index contributed by atoms with van der Waals surface area (Å²) in [5.41, 5.74) is 12.0. The molecule has 1 saturated carbocycles. The molecule has 21 heavy (non-hydrogen) atoms. The fraction of sp³-hybridized carbons (Fsp3) is 0.625. The van der Waals surface area contributed by atoms with E-state index in [9.17, 15) is 4.79 Å². The number of nitrogens with zero attached hydrogens (tertiary/aromatic N) is 1. The minimum atomic E-state index is -0.518. The number of nitrogens with one attached hydrogen (secondary N) is 1. The molecule has 5 nitrogen and oxygen atoms in total. The van der Waals surface area contributed by atoms with Gasteiger partial charge in [0.15, 0.2) is 0 Å². The Morgan fingerprint density at radius 3 is 2.67 bits per heavy atom. The molecule has 1 aromatic heterocycles. The molecule has 1 heterocycles. The molecule has 0 saturated heterocycles. The van der Waals surface area contributed by atoms with Gasteiger partial charge in [0.1, 0.15) is 5.82 Å². The summed E-state index contributed by atoms with van der Waals surface area (Å²) < 4.78 is 0. The van der Waals surface area contributed by atoms with Gasteiger partial charge in [0.25, 0.3) is 5.91 Å². The van der Waals surface area contributed by atoms with Crippen LogP contribution in [0.25, 0.3) is 0 Å². The maximum absolute atomic E-state index is 11.3. The number of rotatable bonds is 6. The van der Waals surface area contributed by atoms with Crippen LogP contribution in [0.5, 0.6) is 0 Å². The van der Waals surface area contributed by atoms with Gasteiger partial charge in [-0.15, -0.1) is 0 Å². The summed E-state index contributed by atoms with van der Waals surface area (Å²) in [5, 5.41) is 3.38. The number of carbonyl (C=O) groups excluding carboxylic acids is 1. The molecule has 0 aromatic carbocycles. The Balaban J connectivity index is 2.07. The van der Waals surface area contributed by atoms with E-state index < -0.39 is 5.91 Å². The van der Waals surface area contributed by atoms with E-state index in [2.05, 4.69) is 24.1 Å². The Labute approximate surface area is 126 Å². The molecular weight excluding hydrogens is 264 g/mol. The molecule has 5 heteroatoms. The number of primary amides is 1. The zero-order chi connectivity index (χ0) is 15.5. The van der Waals surface area contributed by atoms with E-state index in [1.54, 1.807) is 6.07 Å². The normalized spacial score (nSPS) is 17.1. The number of aromatic nitrogens is 1. The van der Waals surface area contributed by atoms with Crippen molar-refractivity contribution in [3.05, 3.63) is 17.8 Å². The van der Waals surface area contributed by atoms with E-state index in [-0.39, 0.29) is 0 Å². The molecule has 116 valence electrons. The van der Waals surface area contributed by atoms with E-state index in [0.29, 0.717) is 28.4 Å². The van der Waals surface area contributed by atoms with Gasteiger partial charge in [0.2, 0.25) is 0 Å². The minimum absolute atomic E-state index is 0.325. The quantitative estimate of drug-likeness (QED) is 0.751. The predicted molar refractivity (Wildman–Crippen MR) is 86.0 cm³/mol. The lowest BCUT2D eigenvalue weighted by atomic mass is 9.78. The molecule has 0 aliphatic heterocycles. The fourth-order valence-corrected chi connectivity index (χ4v) is 3.50. The van der Waals surface area contributed by atoms with Gasteiger partial charge in [-0.05, 0) is 36.7 Å². The SMILES string of the molecule is CC(C)CC1(CNc2cc(C(N)=O)c(N)cn2)CCCC1. The lowest BCUT2D eigenvalue weighted by Crippen LogP contribution is -2.29. The zero-order valence-corrected chi connectivity index (χ0v) is 13.0. The van der Waals surface area contributed by atoms with Gasteiger partial charge >= 0.3 is 0 Å². The molecule has 0 unspecified atom stereocenters. The average molecular weight is 290 g/mol. The zero-order valence-electron chi connectivity index (χ0n) is 13.0. The van der Waals surface area contributed by atoms with Gasteiger partial charge in [-0.25, -0.2) is 4.98 Å². The van der Waals surface area contributed by atoms with Gasteiger partial charge in [-0.1, -0.05) is 26.7 Å². The van der Waals surface area contributed by atoms with E-state index in [4.69, 9.17) is 11.5 Å². The third kappa shape index (κ3) is 3.86. The van der Waals surface area contributed by atoms with Crippen LogP contribution in [0.4, 0.5) is 11.5 Å². The molecule has 0 bridgehead atoms. The Bertz CT molecular complexity index is 507. The number of nitrogen functional groups attached to an aromatic ring is 1. The van der Waals surface area contributed by atoms with Crippen molar-refractivity contribution in [2.45, 2.75) is 46.0 Å². The third-order valence-electron chi connectivity index (χ3n) is 4.35. The van der Waals surface area contributed by atoms with Gasteiger partial charge in [0.05, 0.1) is 17.4 Å². The van der Waals surface area contributed by atoms with Crippen LogP contribution in [-0.2, 0) is 0 Å². The summed E-state index contributed by atoms with van der Waals surface area (Å²) >= 11 is 0. The first-order chi connectivity index (χ1) is 9.92. The average Bonchev–Trinajstić information content (AvgIpc) is 2.85. The summed E-state index contributed by atoms with van der Waals surface area (Å²) in [6.45, 7) is 5.43. The highest BCUT2D eigenvalue weighted by Crippen LogP contribution is 2.43. The fourth-order valence-electron chi connectivity index (χ4n) is 3.50. The Hall–Kier alpha value is -1.78.